The Morgan fingerprint density at radius 2 is 2.27 bits per heavy atom. The zero-order chi connectivity index (χ0) is 15.7. The zero-order valence-electron chi connectivity index (χ0n) is 12.8. The molecule has 0 saturated carbocycles. The molecule has 2 aromatic heterocycles. The third kappa shape index (κ3) is 2.91. The Labute approximate surface area is 134 Å². The molecule has 2 atom stereocenters. The third-order valence-corrected chi connectivity index (χ3v) is 5.22. The SMILES string of the molecule is Cc1csc(C(c2cccc(C)n2)N2CCCC2C(=O)O)c1. The predicted octanol–water partition coefficient (Wildman–Crippen LogP) is 3.40. The second kappa shape index (κ2) is 6.18. The van der Waals surface area contributed by atoms with Crippen LogP contribution in [-0.2, 0) is 4.79 Å². The number of aromatic nitrogens is 1. The number of aliphatic carboxylic acids is 1. The quantitative estimate of drug-likeness (QED) is 0.939. The zero-order valence-corrected chi connectivity index (χ0v) is 13.6. The molecule has 3 rings (SSSR count). The van der Waals surface area contributed by atoms with Crippen molar-refractivity contribution < 1.29 is 9.90 Å². The monoisotopic (exact) mass is 316 g/mol. The smallest absolute Gasteiger partial charge is 0.320 e. The van der Waals surface area contributed by atoms with Crippen LogP contribution in [0.3, 0.4) is 0 Å². The van der Waals surface area contributed by atoms with E-state index in [1.165, 1.54) is 10.4 Å². The summed E-state index contributed by atoms with van der Waals surface area (Å²) in [6.07, 6.45) is 1.63. The van der Waals surface area contributed by atoms with Gasteiger partial charge < -0.3 is 5.11 Å². The summed E-state index contributed by atoms with van der Waals surface area (Å²) in [5, 5.41) is 11.6. The minimum Gasteiger partial charge on any atom is -0.480 e. The molecule has 0 aliphatic carbocycles. The lowest BCUT2D eigenvalue weighted by atomic mass is 10.1. The first-order chi connectivity index (χ1) is 10.6. The molecule has 2 aromatic rings. The van der Waals surface area contributed by atoms with Gasteiger partial charge in [0.25, 0.3) is 0 Å². The number of carbonyl (C=O) groups is 1. The van der Waals surface area contributed by atoms with Gasteiger partial charge >= 0.3 is 5.97 Å². The molecule has 0 radical (unpaired) electrons. The molecule has 1 aliphatic heterocycles. The molecular weight excluding hydrogens is 296 g/mol. The molecule has 116 valence electrons. The first kappa shape index (κ1) is 15.2. The summed E-state index contributed by atoms with van der Waals surface area (Å²) >= 11 is 1.68. The van der Waals surface area contributed by atoms with Gasteiger partial charge in [-0.1, -0.05) is 6.07 Å². The van der Waals surface area contributed by atoms with Gasteiger partial charge in [0.05, 0.1) is 11.7 Å². The fourth-order valence-corrected chi connectivity index (χ4v) is 4.18. The molecular formula is C17H20N2O2S. The maximum absolute atomic E-state index is 11.6. The third-order valence-electron chi connectivity index (χ3n) is 4.12. The van der Waals surface area contributed by atoms with Crippen LogP contribution in [0, 0.1) is 13.8 Å². The van der Waals surface area contributed by atoms with Crippen molar-refractivity contribution in [3.05, 3.63) is 51.5 Å². The van der Waals surface area contributed by atoms with Crippen LogP contribution >= 0.6 is 11.3 Å². The van der Waals surface area contributed by atoms with Crippen molar-refractivity contribution in [2.45, 2.75) is 38.8 Å². The fraction of sp³-hybridized carbons (Fsp3) is 0.412. The van der Waals surface area contributed by atoms with E-state index in [0.29, 0.717) is 6.42 Å². The van der Waals surface area contributed by atoms with Gasteiger partial charge in [-0.05, 0) is 55.8 Å². The maximum Gasteiger partial charge on any atom is 0.320 e. The molecule has 3 heterocycles. The van der Waals surface area contributed by atoms with Crippen LogP contribution in [0.2, 0.25) is 0 Å². The van der Waals surface area contributed by atoms with Crippen molar-refractivity contribution in [1.29, 1.82) is 0 Å². The molecule has 0 spiro atoms. The van der Waals surface area contributed by atoms with E-state index in [4.69, 9.17) is 0 Å². The van der Waals surface area contributed by atoms with Crippen LogP contribution in [0.4, 0.5) is 0 Å². The van der Waals surface area contributed by atoms with Crippen molar-refractivity contribution in [3.8, 4) is 0 Å². The molecule has 4 nitrogen and oxygen atoms in total. The highest BCUT2D eigenvalue weighted by Crippen LogP contribution is 2.36. The van der Waals surface area contributed by atoms with E-state index in [2.05, 4.69) is 28.3 Å². The maximum atomic E-state index is 11.6. The molecule has 1 aliphatic rings. The van der Waals surface area contributed by atoms with Gasteiger partial charge in [-0.3, -0.25) is 14.7 Å². The lowest BCUT2D eigenvalue weighted by molar-refractivity contribution is -0.142. The van der Waals surface area contributed by atoms with E-state index < -0.39 is 12.0 Å². The number of carboxylic acid groups (broad SMARTS) is 1. The number of rotatable bonds is 4. The Balaban J connectivity index is 2.05. The van der Waals surface area contributed by atoms with Crippen molar-refractivity contribution in [1.82, 2.24) is 9.88 Å². The average Bonchev–Trinajstić information content (AvgIpc) is 3.09. The highest BCUT2D eigenvalue weighted by atomic mass is 32.1. The van der Waals surface area contributed by atoms with E-state index in [9.17, 15) is 9.90 Å². The first-order valence-corrected chi connectivity index (χ1v) is 8.41. The van der Waals surface area contributed by atoms with Gasteiger partial charge in [-0.25, -0.2) is 0 Å². The Morgan fingerprint density at radius 3 is 2.91 bits per heavy atom. The summed E-state index contributed by atoms with van der Waals surface area (Å²) in [4.78, 5) is 19.5. The average molecular weight is 316 g/mol. The Kier molecular flexibility index (Phi) is 4.27. The van der Waals surface area contributed by atoms with Gasteiger partial charge in [0.2, 0.25) is 0 Å². The molecule has 0 bridgehead atoms. The minimum absolute atomic E-state index is 0.0674. The molecule has 0 amide bonds. The lowest BCUT2D eigenvalue weighted by Crippen LogP contribution is -2.39. The highest BCUT2D eigenvalue weighted by Gasteiger charge is 2.37. The lowest BCUT2D eigenvalue weighted by Gasteiger charge is -2.30. The largest absolute Gasteiger partial charge is 0.480 e. The van der Waals surface area contributed by atoms with Crippen LogP contribution in [-0.4, -0.2) is 33.5 Å². The molecule has 1 N–H and O–H groups in total. The van der Waals surface area contributed by atoms with E-state index in [1.54, 1.807) is 11.3 Å². The molecule has 5 heteroatoms. The number of aryl methyl sites for hydroxylation is 2. The Bertz CT molecular complexity index is 683. The van der Waals surface area contributed by atoms with Crippen molar-refractivity contribution in [2.24, 2.45) is 0 Å². The standard InChI is InChI=1S/C17H20N2O2S/c1-11-9-15(22-10-11)16(13-6-3-5-12(2)18-13)19-8-4-7-14(19)17(20)21/h3,5-6,9-10,14,16H,4,7-8H2,1-2H3,(H,20,21). The second-order valence-corrected chi connectivity index (χ2v) is 6.81. The predicted molar refractivity (Wildman–Crippen MR) is 87.2 cm³/mol. The number of pyridine rings is 1. The topological polar surface area (TPSA) is 53.4 Å². The minimum atomic E-state index is -0.733. The van der Waals surface area contributed by atoms with Gasteiger partial charge in [0.1, 0.15) is 6.04 Å². The van der Waals surface area contributed by atoms with Crippen LogP contribution < -0.4 is 0 Å². The molecule has 2 unspecified atom stereocenters. The Hall–Kier alpha value is -1.72. The summed E-state index contributed by atoms with van der Waals surface area (Å²) in [5.41, 5.74) is 3.11. The summed E-state index contributed by atoms with van der Waals surface area (Å²) in [7, 11) is 0. The van der Waals surface area contributed by atoms with Crippen molar-refractivity contribution in [2.75, 3.05) is 6.54 Å². The summed E-state index contributed by atoms with van der Waals surface area (Å²) in [6, 6.07) is 7.63. The number of hydrogen-bond acceptors (Lipinski definition) is 4. The van der Waals surface area contributed by atoms with E-state index in [1.807, 2.05) is 25.1 Å². The van der Waals surface area contributed by atoms with Crippen LogP contribution in [0.25, 0.3) is 0 Å². The number of hydrogen-bond donors (Lipinski definition) is 1. The summed E-state index contributed by atoms with van der Waals surface area (Å²) < 4.78 is 0. The summed E-state index contributed by atoms with van der Waals surface area (Å²) in [6.45, 7) is 4.84. The number of carboxylic acids is 1. The van der Waals surface area contributed by atoms with Crippen molar-refractivity contribution in [3.63, 3.8) is 0 Å². The van der Waals surface area contributed by atoms with E-state index in [-0.39, 0.29) is 6.04 Å². The normalized spacial score (nSPS) is 20.2. The highest BCUT2D eigenvalue weighted by molar-refractivity contribution is 7.10. The van der Waals surface area contributed by atoms with Gasteiger partial charge in [-0.2, -0.15) is 0 Å². The second-order valence-electron chi connectivity index (χ2n) is 5.87. The fourth-order valence-electron chi connectivity index (χ4n) is 3.16. The van der Waals surface area contributed by atoms with Crippen LogP contribution in [0.5, 0.6) is 0 Å². The number of likely N-dealkylation sites (tertiary alicyclic amines) is 1. The molecule has 1 fully saturated rings. The van der Waals surface area contributed by atoms with Gasteiger partial charge in [0, 0.05) is 17.1 Å². The first-order valence-electron chi connectivity index (χ1n) is 7.53. The molecule has 1 saturated heterocycles. The molecule has 0 aromatic carbocycles. The van der Waals surface area contributed by atoms with Gasteiger partial charge in [0.15, 0.2) is 0 Å². The van der Waals surface area contributed by atoms with Crippen molar-refractivity contribution >= 4 is 17.3 Å². The molecule has 22 heavy (non-hydrogen) atoms. The van der Waals surface area contributed by atoms with Crippen LogP contribution in [0.15, 0.2) is 29.6 Å². The van der Waals surface area contributed by atoms with E-state index >= 15 is 0 Å². The number of nitrogens with zero attached hydrogens (tertiary/aromatic N) is 2. The van der Waals surface area contributed by atoms with Crippen LogP contribution in [0.1, 0.15) is 40.7 Å². The van der Waals surface area contributed by atoms with Gasteiger partial charge in [-0.15, -0.1) is 11.3 Å². The summed E-state index contributed by atoms with van der Waals surface area (Å²) in [5.74, 6) is -0.733. The number of thiophene rings is 1. The van der Waals surface area contributed by atoms with E-state index in [0.717, 1.165) is 24.4 Å². The Morgan fingerprint density at radius 1 is 1.45 bits per heavy atom.